The van der Waals surface area contributed by atoms with E-state index in [1.165, 1.54) is 5.56 Å². The first kappa shape index (κ1) is 26.5. The Kier molecular flexibility index (Phi) is 8.64. The van der Waals surface area contributed by atoms with Gasteiger partial charge in [-0.05, 0) is 80.0 Å². The number of anilines is 1. The predicted molar refractivity (Wildman–Crippen MR) is 144 cm³/mol. The van der Waals surface area contributed by atoms with Crippen LogP contribution in [0.5, 0.6) is 5.75 Å². The summed E-state index contributed by atoms with van der Waals surface area (Å²) in [5.41, 5.74) is 5.24. The number of ether oxygens (including phenoxy) is 2. The Bertz CT molecular complexity index is 1220. The number of hydrogen-bond donors (Lipinski definition) is 0. The second-order valence-corrected chi connectivity index (χ2v) is 9.77. The zero-order valence-electron chi connectivity index (χ0n) is 22.3. The van der Waals surface area contributed by atoms with Crippen LogP contribution in [0.25, 0.3) is 0 Å². The summed E-state index contributed by atoms with van der Waals surface area (Å²) in [6, 6.07) is 14.1. The van der Waals surface area contributed by atoms with E-state index in [2.05, 4.69) is 31.1 Å². The Balaban J connectivity index is 1.63. The van der Waals surface area contributed by atoms with Gasteiger partial charge < -0.3 is 14.4 Å². The standard InChI is InChI=1S/C30H37N3O4/c1-5-32-18-22(17-31-32)19-33(25-13-10-23(11-14-25)21(3)4)30(35)27-9-7-8-24-12-15-26(16-28(24)27)37-20-29(34)36-6-2/h10-18,21,27H,5-9,19-20H2,1-4H3. The van der Waals surface area contributed by atoms with E-state index < -0.39 is 5.97 Å². The molecule has 7 nitrogen and oxygen atoms in total. The molecule has 1 aliphatic carbocycles. The smallest absolute Gasteiger partial charge is 0.344 e. The second-order valence-electron chi connectivity index (χ2n) is 9.77. The van der Waals surface area contributed by atoms with Crippen molar-refractivity contribution in [2.75, 3.05) is 18.1 Å². The third-order valence-electron chi connectivity index (χ3n) is 6.88. The van der Waals surface area contributed by atoms with E-state index in [-0.39, 0.29) is 18.4 Å². The molecule has 1 aliphatic rings. The van der Waals surface area contributed by atoms with Crippen LogP contribution in [0.15, 0.2) is 54.9 Å². The lowest BCUT2D eigenvalue weighted by Gasteiger charge is -2.31. The van der Waals surface area contributed by atoms with Crippen molar-refractivity contribution in [1.29, 1.82) is 0 Å². The Morgan fingerprint density at radius 3 is 2.59 bits per heavy atom. The fourth-order valence-corrected chi connectivity index (χ4v) is 4.84. The molecule has 7 heteroatoms. The summed E-state index contributed by atoms with van der Waals surface area (Å²) in [4.78, 5) is 27.9. The van der Waals surface area contributed by atoms with Crippen LogP contribution in [0, 0.1) is 0 Å². The van der Waals surface area contributed by atoms with Crippen molar-refractivity contribution >= 4 is 17.6 Å². The molecule has 3 aromatic rings. The van der Waals surface area contributed by atoms with Crippen LogP contribution in [0.3, 0.4) is 0 Å². The van der Waals surface area contributed by atoms with Gasteiger partial charge in [0.1, 0.15) is 5.75 Å². The van der Waals surface area contributed by atoms with Gasteiger partial charge in [-0.15, -0.1) is 0 Å². The third kappa shape index (κ3) is 6.40. The number of nitrogens with zero attached hydrogens (tertiary/aromatic N) is 3. The van der Waals surface area contributed by atoms with Gasteiger partial charge in [-0.2, -0.15) is 5.10 Å². The van der Waals surface area contributed by atoms with Gasteiger partial charge in [-0.1, -0.05) is 32.0 Å². The number of benzene rings is 2. The van der Waals surface area contributed by atoms with E-state index in [0.717, 1.165) is 48.2 Å². The SMILES string of the molecule is CCOC(=O)COc1ccc2c(c1)C(C(=O)N(Cc1cnn(CC)c1)c1ccc(C(C)C)cc1)CCC2. The summed E-state index contributed by atoms with van der Waals surface area (Å²) in [5, 5.41) is 4.41. The maximum absolute atomic E-state index is 14.2. The van der Waals surface area contributed by atoms with Crippen LogP contribution in [-0.4, -0.2) is 34.9 Å². The fourth-order valence-electron chi connectivity index (χ4n) is 4.84. The highest BCUT2D eigenvalue weighted by molar-refractivity contribution is 5.98. The lowest BCUT2D eigenvalue weighted by Crippen LogP contribution is -2.36. The molecule has 0 saturated heterocycles. The molecule has 1 heterocycles. The topological polar surface area (TPSA) is 73.7 Å². The first-order valence-corrected chi connectivity index (χ1v) is 13.2. The Hall–Kier alpha value is -3.61. The largest absolute Gasteiger partial charge is 0.482 e. The van der Waals surface area contributed by atoms with E-state index in [4.69, 9.17) is 9.47 Å². The Labute approximate surface area is 219 Å². The maximum Gasteiger partial charge on any atom is 0.344 e. The van der Waals surface area contributed by atoms with E-state index in [0.29, 0.717) is 24.8 Å². The maximum atomic E-state index is 14.2. The molecule has 196 valence electrons. The van der Waals surface area contributed by atoms with Crippen LogP contribution >= 0.6 is 0 Å². The molecule has 1 amide bonds. The van der Waals surface area contributed by atoms with Crippen molar-refractivity contribution in [2.45, 2.75) is 71.9 Å². The van der Waals surface area contributed by atoms with E-state index >= 15 is 0 Å². The number of esters is 1. The quantitative estimate of drug-likeness (QED) is 0.336. The van der Waals surface area contributed by atoms with Gasteiger partial charge in [0.15, 0.2) is 6.61 Å². The van der Waals surface area contributed by atoms with Gasteiger partial charge in [-0.3, -0.25) is 9.48 Å². The summed E-state index contributed by atoms with van der Waals surface area (Å²) < 4.78 is 12.5. The average molecular weight is 504 g/mol. The van der Waals surface area contributed by atoms with Crippen LogP contribution < -0.4 is 9.64 Å². The number of hydrogen-bond acceptors (Lipinski definition) is 5. The first-order chi connectivity index (χ1) is 17.9. The number of rotatable bonds is 10. The minimum atomic E-state index is -0.406. The van der Waals surface area contributed by atoms with Gasteiger partial charge in [-0.25, -0.2) is 4.79 Å². The van der Waals surface area contributed by atoms with Gasteiger partial charge in [0, 0.05) is 24.0 Å². The molecule has 0 aliphatic heterocycles. The van der Waals surface area contributed by atoms with Crippen molar-refractivity contribution in [1.82, 2.24) is 9.78 Å². The summed E-state index contributed by atoms with van der Waals surface area (Å²) in [7, 11) is 0. The minimum Gasteiger partial charge on any atom is -0.482 e. The van der Waals surface area contributed by atoms with Crippen LogP contribution in [0.2, 0.25) is 0 Å². The molecule has 0 saturated carbocycles. The molecule has 0 fully saturated rings. The summed E-state index contributed by atoms with van der Waals surface area (Å²) in [6.45, 7) is 9.53. The zero-order valence-corrected chi connectivity index (χ0v) is 22.3. The second kappa shape index (κ2) is 12.1. The lowest BCUT2D eigenvalue weighted by molar-refractivity contribution is -0.145. The molecule has 1 aromatic heterocycles. The Morgan fingerprint density at radius 1 is 1.14 bits per heavy atom. The predicted octanol–water partition coefficient (Wildman–Crippen LogP) is 5.62. The average Bonchev–Trinajstić information content (AvgIpc) is 3.38. The monoisotopic (exact) mass is 503 g/mol. The highest BCUT2D eigenvalue weighted by Crippen LogP contribution is 2.37. The minimum absolute atomic E-state index is 0.0602. The summed E-state index contributed by atoms with van der Waals surface area (Å²) in [5.74, 6) is 0.352. The van der Waals surface area contributed by atoms with Gasteiger partial charge in [0.05, 0.1) is 25.3 Å². The molecule has 37 heavy (non-hydrogen) atoms. The lowest BCUT2D eigenvalue weighted by atomic mass is 9.81. The van der Waals surface area contributed by atoms with Gasteiger partial charge >= 0.3 is 5.97 Å². The number of aryl methyl sites for hydroxylation is 2. The highest BCUT2D eigenvalue weighted by Gasteiger charge is 2.31. The normalized spacial score (nSPS) is 14.8. The number of aromatic nitrogens is 2. The van der Waals surface area contributed by atoms with Crippen LogP contribution in [0.1, 0.15) is 74.6 Å². The number of fused-ring (bicyclic) bond motifs is 1. The number of carbonyl (C=O) groups excluding carboxylic acids is 2. The zero-order chi connectivity index (χ0) is 26.4. The van der Waals surface area contributed by atoms with Crippen molar-refractivity contribution in [3.05, 3.63) is 77.1 Å². The van der Waals surface area contributed by atoms with Gasteiger partial charge in [0.2, 0.25) is 5.91 Å². The van der Waals surface area contributed by atoms with Gasteiger partial charge in [0.25, 0.3) is 0 Å². The molecule has 1 atom stereocenters. The van der Waals surface area contributed by atoms with Crippen LogP contribution in [0.4, 0.5) is 5.69 Å². The molecular formula is C30H37N3O4. The van der Waals surface area contributed by atoms with Crippen molar-refractivity contribution in [3.63, 3.8) is 0 Å². The summed E-state index contributed by atoms with van der Waals surface area (Å²) >= 11 is 0. The molecule has 0 N–H and O–H groups in total. The molecule has 1 unspecified atom stereocenters. The highest BCUT2D eigenvalue weighted by atomic mass is 16.6. The molecule has 0 radical (unpaired) electrons. The van der Waals surface area contributed by atoms with Crippen molar-refractivity contribution in [3.8, 4) is 5.75 Å². The fraction of sp³-hybridized carbons (Fsp3) is 0.433. The first-order valence-electron chi connectivity index (χ1n) is 13.2. The van der Waals surface area contributed by atoms with Crippen LogP contribution in [-0.2, 0) is 33.8 Å². The molecular weight excluding hydrogens is 466 g/mol. The Morgan fingerprint density at radius 2 is 1.92 bits per heavy atom. The third-order valence-corrected chi connectivity index (χ3v) is 6.88. The van der Waals surface area contributed by atoms with E-state index in [1.54, 1.807) is 6.92 Å². The van der Waals surface area contributed by atoms with E-state index in [9.17, 15) is 9.59 Å². The van der Waals surface area contributed by atoms with E-state index in [1.807, 2.05) is 59.2 Å². The summed E-state index contributed by atoms with van der Waals surface area (Å²) in [6.07, 6.45) is 6.47. The molecule has 2 aromatic carbocycles. The molecule has 0 bridgehead atoms. The van der Waals surface area contributed by atoms with Crippen molar-refractivity contribution in [2.24, 2.45) is 0 Å². The van der Waals surface area contributed by atoms with Crippen molar-refractivity contribution < 1.29 is 19.1 Å². The molecule has 0 spiro atoms. The number of carbonyl (C=O) groups is 2. The number of amides is 1. The molecule has 4 rings (SSSR count).